The second-order valence-corrected chi connectivity index (χ2v) is 5.27. The van der Waals surface area contributed by atoms with Gasteiger partial charge in [0.25, 0.3) is 0 Å². The van der Waals surface area contributed by atoms with Crippen molar-refractivity contribution < 1.29 is 0 Å². The summed E-state index contributed by atoms with van der Waals surface area (Å²) >= 11 is 0. The number of nitrogens with zero attached hydrogens (tertiary/aromatic N) is 1. The molecule has 0 fully saturated rings. The highest BCUT2D eigenvalue weighted by Gasteiger charge is 2.06. The molecule has 1 aromatic rings. The summed E-state index contributed by atoms with van der Waals surface area (Å²) in [5, 5.41) is 3.71. The minimum Gasteiger partial charge on any atom is -0.354 e. The van der Waals surface area contributed by atoms with E-state index in [0.717, 1.165) is 13.1 Å². The molecule has 1 aromatic heterocycles. The molecule has 0 radical (unpaired) electrons. The molecule has 0 aliphatic rings. The summed E-state index contributed by atoms with van der Waals surface area (Å²) < 4.78 is 2.29. The zero-order valence-corrected chi connectivity index (χ0v) is 12.4. The van der Waals surface area contributed by atoms with Crippen LogP contribution in [0.1, 0.15) is 64.9 Å². The van der Waals surface area contributed by atoms with E-state index >= 15 is 0 Å². The predicted octanol–water partition coefficient (Wildman–Crippen LogP) is 4.35. The van der Waals surface area contributed by atoms with Crippen molar-refractivity contribution in [1.82, 2.24) is 9.88 Å². The molecule has 0 saturated carbocycles. The Labute approximate surface area is 113 Å². The van der Waals surface area contributed by atoms with E-state index in [1.165, 1.54) is 44.1 Å². The highest BCUT2D eigenvalue weighted by molar-refractivity contribution is 5.10. The second kappa shape index (κ2) is 9.21. The summed E-state index contributed by atoms with van der Waals surface area (Å²) in [6, 6.07) is 2.94. The quantitative estimate of drug-likeness (QED) is 0.653. The number of nitrogens with one attached hydrogen (secondary N) is 1. The van der Waals surface area contributed by atoms with E-state index in [2.05, 4.69) is 49.1 Å². The maximum atomic E-state index is 3.71. The molecule has 0 aliphatic carbocycles. The summed E-state index contributed by atoms with van der Waals surface area (Å²) in [7, 11) is 0. The molecule has 1 unspecified atom stereocenters. The minimum atomic E-state index is 0.699. The van der Waals surface area contributed by atoms with Crippen LogP contribution in [-0.4, -0.2) is 10.6 Å². The molecule has 0 aliphatic heterocycles. The Kier molecular flexibility index (Phi) is 7.83. The van der Waals surface area contributed by atoms with Crippen molar-refractivity contribution in [3.05, 3.63) is 24.0 Å². The maximum Gasteiger partial charge on any atom is 0.0223 e. The molecule has 2 nitrogen and oxygen atoms in total. The summed E-state index contributed by atoms with van der Waals surface area (Å²) in [6.45, 7) is 8.92. The molecule has 0 aromatic carbocycles. The third-order valence-corrected chi connectivity index (χ3v) is 3.43. The smallest absolute Gasteiger partial charge is 0.0223 e. The lowest BCUT2D eigenvalue weighted by atomic mass is 10.1. The lowest BCUT2D eigenvalue weighted by Crippen LogP contribution is -2.28. The summed E-state index contributed by atoms with van der Waals surface area (Å²) in [5.41, 5.74) is 1.42. The van der Waals surface area contributed by atoms with Gasteiger partial charge in [-0.1, -0.05) is 40.0 Å². The Morgan fingerprint density at radius 1 is 1.11 bits per heavy atom. The van der Waals surface area contributed by atoms with Crippen LogP contribution in [0.5, 0.6) is 0 Å². The summed E-state index contributed by atoms with van der Waals surface area (Å²) in [4.78, 5) is 0. The lowest BCUT2D eigenvalue weighted by Gasteiger charge is -2.17. The first-order valence-corrected chi connectivity index (χ1v) is 7.68. The molecular formula is C16H30N2. The van der Waals surface area contributed by atoms with E-state index in [1.54, 1.807) is 0 Å². The molecule has 18 heavy (non-hydrogen) atoms. The first-order valence-electron chi connectivity index (χ1n) is 7.68. The number of aromatic nitrogens is 1. The Balaban J connectivity index is 2.34. The number of hydrogen-bond donors (Lipinski definition) is 1. The van der Waals surface area contributed by atoms with E-state index in [4.69, 9.17) is 0 Å². The highest BCUT2D eigenvalue weighted by atomic mass is 15.0. The third-order valence-electron chi connectivity index (χ3n) is 3.43. The van der Waals surface area contributed by atoms with E-state index in [1.807, 2.05) is 0 Å². The van der Waals surface area contributed by atoms with Crippen LogP contribution in [0.2, 0.25) is 0 Å². The van der Waals surface area contributed by atoms with Gasteiger partial charge in [-0.3, -0.25) is 0 Å². The normalized spacial score (nSPS) is 12.8. The second-order valence-electron chi connectivity index (χ2n) is 5.27. The van der Waals surface area contributed by atoms with Gasteiger partial charge in [-0.15, -0.1) is 0 Å². The van der Waals surface area contributed by atoms with Crippen molar-refractivity contribution >= 4 is 0 Å². The molecule has 1 atom stereocenters. The van der Waals surface area contributed by atoms with Crippen molar-refractivity contribution in [3.8, 4) is 0 Å². The van der Waals surface area contributed by atoms with Crippen LogP contribution in [-0.2, 0) is 13.1 Å². The van der Waals surface area contributed by atoms with Crippen molar-refractivity contribution in [2.24, 2.45) is 0 Å². The molecule has 1 N–H and O–H groups in total. The van der Waals surface area contributed by atoms with Crippen LogP contribution in [0.25, 0.3) is 0 Å². The van der Waals surface area contributed by atoms with E-state index in [9.17, 15) is 0 Å². The van der Waals surface area contributed by atoms with Gasteiger partial charge < -0.3 is 9.88 Å². The van der Waals surface area contributed by atoms with Crippen LogP contribution in [0, 0.1) is 0 Å². The topological polar surface area (TPSA) is 17.0 Å². The molecule has 0 spiro atoms. The van der Waals surface area contributed by atoms with E-state index in [0.29, 0.717) is 6.04 Å². The Bertz CT molecular complexity index is 304. The zero-order valence-electron chi connectivity index (χ0n) is 12.4. The van der Waals surface area contributed by atoms with Gasteiger partial charge in [-0.05, 0) is 30.9 Å². The van der Waals surface area contributed by atoms with Crippen molar-refractivity contribution in [1.29, 1.82) is 0 Å². The molecule has 2 heteroatoms. The number of rotatable bonds is 10. The molecule has 1 heterocycles. The molecule has 1 rings (SSSR count). The molecule has 0 amide bonds. The molecule has 0 saturated heterocycles. The van der Waals surface area contributed by atoms with Gasteiger partial charge in [0.05, 0.1) is 0 Å². The molecule has 0 bridgehead atoms. The van der Waals surface area contributed by atoms with Crippen molar-refractivity contribution in [2.45, 2.75) is 78.4 Å². The zero-order chi connectivity index (χ0) is 13.2. The van der Waals surface area contributed by atoms with Crippen molar-refractivity contribution in [3.63, 3.8) is 0 Å². The Morgan fingerprint density at radius 3 is 2.61 bits per heavy atom. The summed E-state index contributed by atoms with van der Waals surface area (Å²) in [5.74, 6) is 0. The Hall–Kier alpha value is -0.760. The average molecular weight is 250 g/mol. The SMILES string of the molecule is CCCCC(CCC)NCc1ccn(CCC)c1. The minimum absolute atomic E-state index is 0.699. The fourth-order valence-electron chi connectivity index (χ4n) is 2.40. The van der Waals surface area contributed by atoms with Crippen LogP contribution in [0.4, 0.5) is 0 Å². The van der Waals surface area contributed by atoms with Gasteiger partial charge in [-0.2, -0.15) is 0 Å². The first kappa shape index (κ1) is 15.3. The first-order chi connectivity index (χ1) is 8.80. The average Bonchev–Trinajstić information content (AvgIpc) is 2.81. The number of unbranched alkanes of at least 4 members (excludes halogenated alkanes) is 1. The van der Waals surface area contributed by atoms with Gasteiger partial charge in [0, 0.05) is 31.5 Å². The molecule has 104 valence electrons. The van der Waals surface area contributed by atoms with Gasteiger partial charge in [0.1, 0.15) is 0 Å². The van der Waals surface area contributed by atoms with Gasteiger partial charge in [0.2, 0.25) is 0 Å². The van der Waals surface area contributed by atoms with Gasteiger partial charge in [-0.25, -0.2) is 0 Å². The van der Waals surface area contributed by atoms with Crippen LogP contribution in [0.15, 0.2) is 18.5 Å². The molecular weight excluding hydrogens is 220 g/mol. The van der Waals surface area contributed by atoms with E-state index in [-0.39, 0.29) is 0 Å². The summed E-state index contributed by atoms with van der Waals surface area (Å²) in [6.07, 6.45) is 12.2. The highest BCUT2D eigenvalue weighted by Crippen LogP contribution is 2.09. The number of aryl methyl sites for hydroxylation is 1. The van der Waals surface area contributed by atoms with E-state index < -0.39 is 0 Å². The fraction of sp³-hybridized carbons (Fsp3) is 0.750. The predicted molar refractivity (Wildman–Crippen MR) is 79.8 cm³/mol. The van der Waals surface area contributed by atoms with Crippen LogP contribution in [0.3, 0.4) is 0 Å². The van der Waals surface area contributed by atoms with Crippen LogP contribution >= 0.6 is 0 Å². The largest absolute Gasteiger partial charge is 0.354 e. The van der Waals surface area contributed by atoms with Crippen LogP contribution < -0.4 is 5.32 Å². The van der Waals surface area contributed by atoms with Crippen molar-refractivity contribution in [2.75, 3.05) is 0 Å². The fourth-order valence-corrected chi connectivity index (χ4v) is 2.40. The monoisotopic (exact) mass is 250 g/mol. The lowest BCUT2D eigenvalue weighted by molar-refractivity contribution is 0.434. The van der Waals surface area contributed by atoms with Gasteiger partial charge >= 0.3 is 0 Å². The standard InChI is InChI=1S/C16H30N2/c1-4-7-9-16(8-5-2)17-13-15-10-12-18(14-15)11-6-3/h10,12,14,16-17H,4-9,11,13H2,1-3H3. The van der Waals surface area contributed by atoms with Gasteiger partial charge in [0.15, 0.2) is 0 Å². The Morgan fingerprint density at radius 2 is 1.94 bits per heavy atom. The third kappa shape index (κ3) is 5.72. The number of hydrogen-bond acceptors (Lipinski definition) is 1. The maximum absolute atomic E-state index is 3.71.